The van der Waals surface area contributed by atoms with Crippen molar-refractivity contribution in [3.05, 3.63) is 28.8 Å². The van der Waals surface area contributed by atoms with E-state index in [0.29, 0.717) is 23.5 Å². The van der Waals surface area contributed by atoms with Crippen LogP contribution in [0.5, 0.6) is 11.5 Å². The Morgan fingerprint density at radius 3 is 2.22 bits per heavy atom. The van der Waals surface area contributed by atoms with E-state index in [0.717, 1.165) is 23.6 Å². The Hall–Kier alpha value is -2.09. The first-order valence-corrected chi connectivity index (χ1v) is 17.5. The van der Waals surface area contributed by atoms with E-state index in [-0.39, 0.29) is 17.6 Å². The normalized spacial score (nSPS) is 16.8. The van der Waals surface area contributed by atoms with E-state index >= 15 is 0 Å². The summed E-state index contributed by atoms with van der Waals surface area (Å²) in [6, 6.07) is 6.80. The van der Waals surface area contributed by atoms with Gasteiger partial charge in [0.2, 0.25) is 0 Å². The number of carbonyl (C=O) groups is 1. The van der Waals surface area contributed by atoms with E-state index in [1.165, 1.54) is 0 Å². The van der Waals surface area contributed by atoms with Gasteiger partial charge in [-0.15, -0.1) is 0 Å². The maximum absolute atomic E-state index is 12.8. The monoisotopic (exact) mass is 475 g/mol. The van der Waals surface area contributed by atoms with Crippen LogP contribution in [0, 0.1) is 11.3 Å². The Morgan fingerprint density at radius 1 is 1.09 bits per heavy atom. The lowest BCUT2D eigenvalue weighted by molar-refractivity contribution is -0.138. The minimum absolute atomic E-state index is 0.0684. The summed E-state index contributed by atoms with van der Waals surface area (Å²) < 4.78 is 22.7. The van der Waals surface area contributed by atoms with Crippen LogP contribution in [0.15, 0.2) is 17.7 Å². The van der Waals surface area contributed by atoms with Crippen molar-refractivity contribution >= 4 is 28.2 Å². The third kappa shape index (κ3) is 6.24. The third-order valence-corrected chi connectivity index (χ3v) is 11.8. The van der Waals surface area contributed by atoms with Gasteiger partial charge in [-0.2, -0.15) is 5.26 Å². The lowest BCUT2D eigenvalue weighted by Gasteiger charge is -2.31. The van der Waals surface area contributed by atoms with Crippen LogP contribution in [-0.2, 0) is 19.1 Å². The Morgan fingerprint density at radius 2 is 1.69 bits per heavy atom. The number of fused-ring (bicyclic) bond motifs is 1. The number of ether oxygens (including phenoxy) is 3. The van der Waals surface area contributed by atoms with Crippen LogP contribution >= 0.6 is 0 Å². The average Bonchev–Trinajstić information content (AvgIpc) is 2.93. The fourth-order valence-electron chi connectivity index (χ4n) is 4.40. The van der Waals surface area contributed by atoms with Gasteiger partial charge in [0.25, 0.3) is 0 Å². The highest BCUT2D eigenvalue weighted by molar-refractivity contribution is 6.84. The molecule has 1 aromatic carbocycles. The second-order valence-electron chi connectivity index (χ2n) is 10.5. The smallest absolute Gasteiger partial charge is 0.349 e. The second kappa shape index (κ2) is 9.81. The van der Waals surface area contributed by atoms with Gasteiger partial charge >= 0.3 is 5.97 Å². The molecule has 0 heterocycles. The van der Waals surface area contributed by atoms with Crippen molar-refractivity contribution in [1.29, 1.82) is 5.26 Å². The van der Waals surface area contributed by atoms with Crippen LogP contribution in [0.2, 0.25) is 38.8 Å². The molecule has 0 aliphatic heterocycles. The van der Waals surface area contributed by atoms with Crippen molar-refractivity contribution in [3.8, 4) is 17.6 Å². The average molecular weight is 476 g/mol. The molecule has 8 heteroatoms. The number of nitriles is 1. The van der Waals surface area contributed by atoms with E-state index < -0.39 is 22.6 Å². The Balaban J connectivity index is 2.21. The fourth-order valence-corrected chi connectivity index (χ4v) is 12.4. The van der Waals surface area contributed by atoms with Gasteiger partial charge in [0.05, 0.1) is 20.8 Å². The Labute approximate surface area is 194 Å². The molecule has 1 aliphatic carbocycles. The summed E-state index contributed by atoms with van der Waals surface area (Å²) in [6.45, 7) is 15.5. The van der Waals surface area contributed by atoms with Crippen LogP contribution in [0.1, 0.15) is 37.8 Å². The summed E-state index contributed by atoms with van der Waals surface area (Å²) in [5.41, 5.74) is 2.41. The van der Waals surface area contributed by atoms with Crippen molar-refractivity contribution in [3.63, 3.8) is 0 Å². The summed E-state index contributed by atoms with van der Waals surface area (Å²) >= 11 is 0. The molecule has 1 aromatic rings. The van der Waals surface area contributed by atoms with Gasteiger partial charge in [-0.1, -0.05) is 13.8 Å². The van der Waals surface area contributed by atoms with Crippen LogP contribution in [-0.4, -0.2) is 43.4 Å². The van der Waals surface area contributed by atoms with E-state index in [1.807, 2.05) is 12.1 Å². The topological polar surface area (TPSA) is 77.8 Å². The molecule has 0 amide bonds. The standard InChI is InChI=1S/C24H37NO5Si2/c1-24(2)15-18(17-13-21(27-3)22(28-4)14-20(17)24)19(16-25)23(26)29-11-10-12-32(8,9)30-31(5,6)7/h13-14H,10-12,15H2,1-9H3/b19-18+. The molecule has 1 aliphatic rings. The molecular weight excluding hydrogens is 438 g/mol. The van der Waals surface area contributed by atoms with E-state index in [2.05, 4.69) is 52.7 Å². The van der Waals surface area contributed by atoms with E-state index in [1.54, 1.807) is 14.2 Å². The summed E-state index contributed by atoms with van der Waals surface area (Å²) in [7, 11) is -0.214. The maximum atomic E-state index is 12.8. The van der Waals surface area contributed by atoms with Crippen molar-refractivity contribution in [2.75, 3.05) is 20.8 Å². The fraction of sp³-hybridized carbons (Fsp3) is 0.583. The van der Waals surface area contributed by atoms with Gasteiger partial charge < -0.3 is 18.3 Å². The molecule has 0 saturated heterocycles. The minimum Gasteiger partial charge on any atom is -0.493 e. The molecule has 0 fully saturated rings. The summed E-state index contributed by atoms with van der Waals surface area (Å²) in [4.78, 5) is 12.8. The highest BCUT2D eigenvalue weighted by atomic mass is 28.4. The predicted octanol–water partition coefficient (Wildman–Crippen LogP) is 5.65. The van der Waals surface area contributed by atoms with Gasteiger partial charge in [0.15, 0.2) is 28.1 Å². The first kappa shape index (κ1) is 26.2. The van der Waals surface area contributed by atoms with Crippen molar-refractivity contribution in [2.45, 2.75) is 70.9 Å². The molecule has 32 heavy (non-hydrogen) atoms. The largest absolute Gasteiger partial charge is 0.493 e. The predicted molar refractivity (Wildman–Crippen MR) is 132 cm³/mol. The van der Waals surface area contributed by atoms with Crippen molar-refractivity contribution in [2.24, 2.45) is 0 Å². The van der Waals surface area contributed by atoms with Crippen LogP contribution < -0.4 is 9.47 Å². The van der Waals surface area contributed by atoms with E-state index in [9.17, 15) is 10.1 Å². The van der Waals surface area contributed by atoms with E-state index in [4.69, 9.17) is 18.3 Å². The lowest BCUT2D eigenvalue weighted by atomic mass is 9.86. The molecule has 2 rings (SSSR count). The molecule has 176 valence electrons. The highest BCUT2D eigenvalue weighted by Gasteiger charge is 2.38. The molecule has 6 nitrogen and oxygen atoms in total. The van der Waals surface area contributed by atoms with Crippen LogP contribution in [0.4, 0.5) is 0 Å². The SMILES string of the molecule is COc1cc2c(cc1OC)C(C)(C)C/C2=C(/C#N)C(=O)OCCC[Si](C)(C)O[Si](C)(C)C. The number of rotatable bonds is 9. The molecule has 0 bridgehead atoms. The molecule has 0 atom stereocenters. The zero-order valence-corrected chi connectivity index (χ0v) is 23.0. The van der Waals surface area contributed by atoms with Gasteiger partial charge in [-0.3, -0.25) is 0 Å². The molecule has 0 unspecified atom stereocenters. The molecule has 0 saturated carbocycles. The molecule has 0 N–H and O–H groups in total. The first-order chi connectivity index (χ1) is 14.7. The number of allylic oxidation sites excluding steroid dienone is 1. The number of nitrogens with zero attached hydrogens (tertiary/aromatic N) is 1. The molecular formula is C24H37NO5Si2. The lowest BCUT2D eigenvalue weighted by Crippen LogP contribution is -2.42. The van der Waals surface area contributed by atoms with Gasteiger partial charge in [-0.05, 0) is 85.9 Å². The van der Waals surface area contributed by atoms with Crippen LogP contribution in [0.3, 0.4) is 0 Å². The Kier molecular flexibility index (Phi) is 8.03. The summed E-state index contributed by atoms with van der Waals surface area (Å²) in [5, 5.41) is 9.82. The summed E-state index contributed by atoms with van der Waals surface area (Å²) in [6.07, 6.45) is 1.30. The maximum Gasteiger partial charge on any atom is 0.349 e. The van der Waals surface area contributed by atoms with Crippen molar-refractivity contribution in [1.82, 2.24) is 0 Å². The zero-order valence-electron chi connectivity index (χ0n) is 21.0. The quantitative estimate of drug-likeness (QED) is 0.151. The minimum atomic E-state index is -1.79. The van der Waals surface area contributed by atoms with Gasteiger partial charge in [0.1, 0.15) is 11.6 Å². The third-order valence-electron chi connectivity index (χ3n) is 5.55. The van der Waals surface area contributed by atoms with Crippen LogP contribution in [0.25, 0.3) is 5.57 Å². The second-order valence-corrected chi connectivity index (χ2v) is 19.6. The Bertz CT molecular complexity index is 939. The number of hydrogen-bond acceptors (Lipinski definition) is 6. The van der Waals surface area contributed by atoms with Crippen molar-refractivity contribution < 1.29 is 23.1 Å². The van der Waals surface area contributed by atoms with Gasteiger partial charge in [0, 0.05) is 0 Å². The molecule has 0 spiro atoms. The molecule has 0 radical (unpaired) electrons. The number of benzene rings is 1. The summed E-state index contributed by atoms with van der Waals surface area (Å²) in [5.74, 6) is 0.641. The number of hydrogen-bond donors (Lipinski definition) is 0. The number of methoxy groups -OCH3 is 2. The highest BCUT2D eigenvalue weighted by Crippen LogP contribution is 2.50. The zero-order chi connectivity index (χ0) is 24.3. The molecule has 0 aromatic heterocycles. The number of esters is 1. The number of carbonyl (C=O) groups excluding carboxylic acids is 1. The van der Waals surface area contributed by atoms with Gasteiger partial charge in [-0.25, -0.2) is 4.79 Å². The first-order valence-electron chi connectivity index (χ1n) is 11.0.